The van der Waals surface area contributed by atoms with Gasteiger partial charge in [0.1, 0.15) is 0 Å². The molecule has 0 aromatic carbocycles. The molecule has 5 heteroatoms. The Morgan fingerprint density at radius 1 is 1.29 bits per heavy atom. The minimum Gasteiger partial charge on any atom is -0.481 e. The summed E-state index contributed by atoms with van der Waals surface area (Å²) in [4.78, 5) is 24.3. The third kappa shape index (κ3) is 2.87. The Morgan fingerprint density at radius 3 is 2.71 bits per heavy atom. The first-order valence-electron chi connectivity index (χ1n) is 5.78. The predicted molar refractivity (Wildman–Crippen MR) is 62.5 cm³/mol. The molecular weight excluding hydrogens is 220 g/mol. The second-order valence-corrected chi connectivity index (χ2v) is 4.33. The number of hydrogen-bond donors (Lipinski definition) is 2. The van der Waals surface area contributed by atoms with Gasteiger partial charge in [0.15, 0.2) is 0 Å². The van der Waals surface area contributed by atoms with Crippen molar-refractivity contribution in [2.45, 2.75) is 18.9 Å². The number of carboxylic acid groups (broad SMARTS) is 1. The summed E-state index contributed by atoms with van der Waals surface area (Å²) >= 11 is 0. The molecule has 1 aliphatic heterocycles. The van der Waals surface area contributed by atoms with Gasteiger partial charge in [0.2, 0.25) is 0 Å². The average Bonchev–Trinajstić information content (AvgIpc) is 2.79. The van der Waals surface area contributed by atoms with E-state index in [2.05, 4.69) is 11.4 Å². The topological polar surface area (TPSA) is 69.6 Å². The van der Waals surface area contributed by atoms with Crippen LogP contribution in [0.15, 0.2) is 24.3 Å². The van der Waals surface area contributed by atoms with Crippen molar-refractivity contribution in [2.24, 2.45) is 5.92 Å². The summed E-state index contributed by atoms with van der Waals surface area (Å²) in [6, 6.07) is -0.274. The first kappa shape index (κ1) is 11.7. The van der Waals surface area contributed by atoms with Crippen LogP contribution in [0.3, 0.4) is 0 Å². The Kier molecular flexibility index (Phi) is 3.46. The number of carbonyl (C=O) groups excluding carboxylic acids is 1. The lowest BCUT2D eigenvalue weighted by atomic mass is 10.1. The van der Waals surface area contributed by atoms with Gasteiger partial charge in [0.05, 0.1) is 12.0 Å². The fourth-order valence-electron chi connectivity index (χ4n) is 2.06. The van der Waals surface area contributed by atoms with Crippen LogP contribution in [-0.4, -0.2) is 41.1 Å². The van der Waals surface area contributed by atoms with Gasteiger partial charge in [-0.3, -0.25) is 4.79 Å². The predicted octanol–water partition coefficient (Wildman–Crippen LogP) is 0.987. The van der Waals surface area contributed by atoms with E-state index in [1.54, 1.807) is 17.1 Å². The highest BCUT2D eigenvalue weighted by molar-refractivity contribution is 5.76. The molecule has 0 bridgehead atoms. The van der Waals surface area contributed by atoms with Crippen LogP contribution in [0.4, 0.5) is 4.79 Å². The minimum atomic E-state index is -0.834. The molecule has 2 amide bonds. The number of rotatable bonds is 2. The third-order valence-electron chi connectivity index (χ3n) is 3.06. The van der Waals surface area contributed by atoms with Gasteiger partial charge in [0, 0.05) is 13.1 Å². The van der Waals surface area contributed by atoms with Crippen LogP contribution >= 0.6 is 0 Å². The van der Waals surface area contributed by atoms with Gasteiger partial charge in [0.25, 0.3) is 0 Å². The molecule has 1 aliphatic carbocycles. The van der Waals surface area contributed by atoms with Crippen LogP contribution < -0.4 is 5.32 Å². The Labute approximate surface area is 99.8 Å². The van der Waals surface area contributed by atoms with Crippen LogP contribution in [0, 0.1) is 5.92 Å². The Hall–Kier alpha value is -1.78. The highest BCUT2D eigenvalue weighted by Gasteiger charge is 2.26. The van der Waals surface area contributed by atoms with Crippen molar-refractivity contribution in [1.82, 2.24) is 10.2 Å². The molecule has 92 valence electrons. The number of nitrogens with zero attached hydrogens (tertiary/aromatic N) is 1. The molecule has 0 spiro atoms. The standard InChI is InChI=1S/C12H16N2O3/c15-11(16)9-4-5-10(8-9)13-12(17)14-6-2-1-3-7-14/h1-2,4-5,9-10H,3,6-8H2,(H,13,17)(H,15,16). The van der Waals surface area contributed by atoms with Crippen molar-refractivity contribution in [3.63, 3.8) is 0 Å². The van der Waals surface area contributed by atoms with Crippen LogP contribution in [-0.2, 0) is 4.79 Å². The Balaban J connectivity index is 1.82. The molecule has 2 atom stereocenters. The molecule has 5 nitrogen and oxygen atoms in total. The molecule has 1 heterocycles. The van der Waals surface area contributed by atoms with E-state index >= 15 is 0 Å². The zero-order chi connectivity index (χ0) is 12.3. The van der Waals surface area contributed by atoms with E-state index in [1.165, 1.54) is 0 Å². The van der Waals surface area contributed by atoms with E-state index in [0.29, 0.717) is 13.0 Å². The molecule has 2 aliphatic rings. The maximum atomic E-state index is 11.8. The number of urea groups is 1. The highest BCUT2D eigenvalue weighted by Crippen LogP contribution is 2.18. The lowest BCUT2D eigenvalue weighted by molar-refractivity contribution is -0.140. The van der Waals surface area contributed by atoms with Crippen LogP contribution in [0.5, 0.6) is 0 Å². The fraction of sp³-hybridized carbons (Fsp3) is 0.500. The van der Waals surface area contributed by atoms with Crippen molar-refractivity contribution in [3.05, 3.63) is 24.3 Å². The van der Waals surface area contributed by atoms with Crippen LogP contribution in [0.2, 0.25) is 0 Å². The van der Waals surface area contributed by atoms with Gasteiger partial charge in [-0.05, 0) is 12.8 Å². The highest BCUT2D eigenvalue weighted by atomic mass is 16.4. The Bertz CT molecular complexity index is 376. The van der Waals surface area contributed by atoms with Gasteiger partial charge in [-0.1, -0.05) is 24.3 Å². The summed E-state index contributed by atoms with van der Waals surface area (Å²) in [5.74, 6) is -1.31. The van der Waals surface area contributed by atoms with Crippen LogP contribution in [0.25, 0.3) is 0 Å². The molecule has 0 fully saturated rings. The van der Waals surface area contributed by atoms with Crippen LogP contribution in [0.1, 0.15) is 12.8 Å². The van der Waals surface area contributed by atoms with Gasteiger partial charge in [-0.25, -0.2) is 4.79 Å². The molecule has 0 radical (unpaired) electrons. The summed E-state index contributed by atoms with van der Waals surface area (Å²) < 4.78 is 0. The third-order valence-corrected chi connectivity index (χ3v) is 3.06. The van der Waals surface area contributed by atoms with E-state index in [1.807, 2.05) is 6.08 Å². The number of amides is 2. The molecule has 0 saturated carbocycles. The second-order valence-electron chi connectivity index (χ2n) is 4.33. The first-order valence-corrected chi connectivity index (χ1v) is 5.78. The molecule has 2 N–H and O–H groups in total. The quantitative estimate of drug-likeness (QED) is 0.702. The zero-order valence-electron chi connectivity index (χ0n) is 9.50. The zero-order valence-corrected chi connectivity index (χ0v) is 9.50. The largest absolute Gasteiger partial charge is 0.481 e. The number of carboxylic acids is 1. The summed E-state index contributed by atoms with van der Waals surface area (Å²) in [5.41, 5.74) is 0. The molecule has 2 rings (SSSR count). The van der Waals surface area contributed by atoms with Crippen molar-refractivity contribution in [2.75, 3.05) is 13.1 Å². The van der Waals surface area contributed by atoms with Crippen molar-refractivity contribution in [3.8, 4) is 0 Å². The fourth-order valence-corrected chi connectivity index (χ4v) is 2.06. The van der Waals surface area contributed by atoms with E-state index in [9.17, 15) is 9.59 Å². The Morgan fingerprint density at radius 2 is 2.12 bits per heavy atom. The van der Waals surface area contributed by atoms with E-state index in [-0.39, 0.29) is 12.1 Å². The first-order chi connectivity index (χ1) is 8.16. The lowest BCUT2D eigenvalue weighted by Gasteiger charge is -2.25. The number of carbonyl (C=O) groups is 2. The number of hydrogen-bond acceptors (Lipinski definition) is 2. The molecular formula is C12H16N2O3. The molecule has 17 heavy (non-hydrogen) atoms. The SMILES string of the molecule is O=C(O)C1C=CC(NC(=O)N2CC=CCC2)C1. The maximum Gasteiger partial charge on any atom is 0.318 e. The minimum absolute atomic E-state index is 0.116. The monoisotopic (exact) mass is 236 g/mol. The van der Waals surface area contributed by atoms with Gasteiger partial charge in [-0.2, -0.15) is 0 Å². The molecule has 2 unspecified atom stereocenters. The number of nitrogens with one attached hydrogen (secondary N) is 1. The normalized spacial score (nSPS) is 27.2. The van der Waals surface area contributed by atoms with E-state index in [4.69, 9.17) is 5.11 Å². The average molecular weight is 236 g/mol. The van der Waals surface area contributed by atoms with Gasteiger partial charge in [-0.15, -0.1) is 0 Å². The summed E-state index contributed by atoms with van der Waals surface area (Å²) in [5, 5.41) is 11.7. The molecule has 0 saturated heterocycles. The van der Waals surface area contributed by atoms with E-state index in [0.717, 1.165) is 13.0 Å². The summed E-state index contributed by atoms with van der Waals surface area (Å²) in [6.07, 6.45) is 8.75. The molecule has 0 aromatic rings. The smallest absolute Gasteiger partial charge is 0.318 e. The lowest BCUT2D eigenvalue weighted by Crippen LogP contribution is -2.45. The second kappa shape index (κ2) is 5.03. The van der Waals surface area contributed by atoms with Gasteiger partial charge < -0.3 is 15.3 Å². The van der Waals surface area contributed by atoms with Crippen molar-refractivity contribution >= 4 is 12.0 Å². The summed E-state index contributed by atoms with van der Waals surface area (Å²) in [7, 11) is 0. The van der Waals surface area contributed by atoms with Gasteiger partial charge >= 0.3 is 12.0 Å². The van der Waals surface area contributed by atoms with Crippen molar-refractivity contribution in [1.29, 1.82) is 0 Å². The molecule has 0 aromatic heterocycles. The maximum absolute atomic E-state index is 11.8. The van der Waals surface area contributed by atoms with E-state index < -0.39 is 11.9 Å². The number of aliphatic carboxylic acids is 1. The van der Waals surface area contributed by atoms with Crippen molar-refractivity contribution < 1.29 is 14.7 Å². The summed E-state index contributed by atoms with van der Waals surface area (Å²) in [6.45, 7) is 1.35.